The van der Waals surface area contributed by atoms with Gasteiger partial charge in [-0.05, 0) is 32.8 Å². The lowest BCUT2D eigenvalue weighted by atomic mass is 10.1. The molecule has 1 N–H and O–H groups in total. The Bertz CT molecular complexity index is 477. The van der Waals surface area contributed by atoms with E-state index in [4.69, 9.17) is 11.6 Å². The van der Waals surface area contributed by atoms with E-state index in [0.29, 0.717) is 11.4 Å². The first-order chi connectivity index (χ1) is 8.97. The van der Waals surface area contributed by atoms with Crippen molar-refractivity contribution >= 4 is 23.2 Å². The summed E-state index contributed by atoms with van der Waals surface area (Å²) in [5.41, 5.74) is 0.443. The predicted molar refractivity (Wildman–Crippen MR) is 74.7 cm³/mol. The molecule has 104 valence electrons. The second-order valence-corrected chi connectivity index (χ2v) is 4.81. The fourth-order valence-electron chi connectivity index (χ4n) is 1.84. The summed E-state index contributed by atoms with van der Waals surface area (Å²) in [4.78, 5) is 22.5. The molecule has 1 amide bonds. The second-order valence-electron chi connectivity index (χ2n) is 4.43. The van der Waals surface area contributed by atoms with E-state index in [1.807, 2.05) is 6.92 Å². The number of carbonyl (C=O) groups is 1. The van der Waals surface area contributed by atoms with Gasteiger partial charge in [0.25, 0.3) is 11.6 Å². The number of nitro benzene ring substituents is 1. The van der Waals surface area contributed by atoms with Crippen LogP contribution < -0.4 is 5.32 Å². The molecule has 0 aromatic heterocycles. The Morgan fingerprint density at radius 2 is 2.21 bits per heavy atom. The Morgan fingerprint density at radius 1 is 1.53 bits per heavy atom. The molecule has 1 unspecified atom stereocenters. The van der Waals surface area contributed by atoms with Gasteiger partial charge in [-0.1, -0.05) is 12.1 Å². The molecule has 0 bridgehead atoms. The highest BCUT2D eigenvalue weighted by Crippen LogP contribution is 2.23. The van der Waals surface area contributed by atoms with Crippen LogP contribution in [-0.4, -0.2) is 22.8 Å². The van der Waals surface area contributed by atoms with E-state index in [0.717, 1.165) is 12.8 Å². The Hall–Kier alpha value is -1.62. The van der Waals surface area contributed by atoms with Crippen LogP contribution >= 0.6 is 11.6 Å². The van der Waals surface area contributed by atoms with Crippen LogP contribution in [0.2, 0.25) is 0 Å². The number of alkyl halides is 1. The van der Waals surface area contributed by atoms with E-state index in [2.05, 4.69) is 5.32 Å². The standard InChI is InChI=1S/C13H17ClN2O3/c1-9-5-3-7-11(12(9)16(18)19)13(17)15-10(2)6-4-8-14/h3,5,7,10H,4,6,8H2,1-2H3,(H,15,17). The summed E-state index contributed by atoms with van der Waals surface area (Å²) in [7, 11) is 0. The van der Waals surface area contributed by atoms with Gasteiger partial charge in [0.15, 0.2) is 0 Å². The van der Waals surface area contributed by atoms with Crippen molar-refractivity contribution in [2.24, 2.45) is 0 Å². The van der Waals surface area contributed by atoms with Gasteiger partial charge in [-0.15, -0.1) is 11.6 Å². The number of hydrogen-bond acceptors (Lipinski definition) is 3. The molecule has 0 fully saturated rings. The zero-order valence-electron chi connectivity index (χ0n) is 11.0. The number of hydrogen-bond donors (Lipinski definition) is 1. The van der Waals surface area contributed by atoms with Gasteiger partial charge >= 0.3 is 0 Å². The summed E-state index contributed by atoms with van der Waals surface area (Å²) < 4.78 is 0. The van der Waals surface area contributed by atoms with Crippen LogP contribution in [0.15, 0.2) is 18.2 Å². The van der Waals surface area contributed by atoms with Gasteiger partial charge in [0.2, 0.25) is 0 Å². The van der Waals surface area contributed by atoms with E-state index in [1.165, 1.54) is 6.07 Å². The number of nitro groups is 1. The van der Waals surface area contributed by atoms with Crippen LogP contribution in [-0.2, 0) is 0 Å². The van der Waals surface area contributed by atoms with Gasteiger partial charge in [0.1, 0.15) is 5.56 Å². The van der Waals surface area contributed by atoms with Crippen molar-refractivity contribution in [3.63, 3.8) is 0 Å². The van der Waals surface area contributed by atoms with Crippen LogP contribution in [0.5, 0.6) is 0 Å². The third-order valence-electron chi connectivity index (χ3n) is 2.81. The van der Waals surface area contributed by atoms with E-state index in [1.54, 1.807) is 19.1 Å². The molecule has 0 saturated carbocycles. The highest BCUT2D eigenvalue weighted by molar-refractivity contribution is 6.17. The number of nitrogens with zero attached hydrogens (tertiary/aromatic N) is 1. The molecule has 1 rings (SSSR count). The normalized spacial score (nSPS) is 11.9. The Balaban J connectivity index is 2.88. The first-order valence-electron chi connectivity index (χ1n) is 6.08. The third kappa shape index (κ3) is 4.21. The minimum atomic E-state index is -0.520. The lowest BCUT2D eigenvalue weighted by Gasteiger charge is -2.13. The number of para-hydroxylation sites is 1. The fourth-order valence-corrected chi connectivity index (χ4v) is 2.00. The molecule has 0 spiro atoms. The molecule has 0 aliphatic rings. The van der Waals surface area contributed by atoms with Crippen molar-refractivity contribution in [1.29, 1.82) is 0 Å². The minimum Gasteiger partial charge on any atom is -0.349 e. The lowest BCUT2D eigenvalue weighted by Crippen LogP contribution is -2.33. The summed E-state index contributed by atoms with van der Waals surface area (Å²) in [5.74, 6) is 0.114. The first kappa shape index (κ1) is 15.4. The SMILES string of the molecule is Cc1cccc(C(=O)NC(C)CCCCl)c1[N+](=O)[O-]. The predicted octanol–water partition coefficient (Wildman–Crippen LogP) is 3.04. The molecule has 0 aliphatic heterocycles. The van der Waals surface area contributed by atoms with Gasteiger partial charge in [-0.25, -0.2) is 0 Å². The maximum absolute atomic E-state index is 12.0. The molecule has 0 heterocycles. The molecule has 1 aromatic carbocycles. The summed E-state index contributed by atoms with van der Waals surface area (Å²) in [5, 5.41) is 13.8. The fraction of sp³-hybridized carbons (Fsp3) is 0.462. The van der Waals surface area contributed by atoms with Gasteiger partial charge in [-0.2, -0.15) is 0 Å². The zero-order chi connectivity index (χ0) is 14.4. The number of carbonyl (C=O) groups excluding carboxylic acids is 1. The monoisotopic (exact) mass is 284 g/mol. The summed E-state index contributed by atoms with van der Waals surface area (Å²) >= 11 is 5.58. The quantitative estimate of drug-likeness (QED) is 0.496. The van der Waals surface area contributed by atoms with Crippen molar-refractivity contribution < 1.29 is 9.72 Å². The number of amides is 1. The molecule has 0 aliphatic carbocycles. The van der Waals surface area contributed by atoms with Gasteiger partial charge < -0.3 is 5.32 Å². The Kier molecular flexibility index (Phi) is 5.76. The van der Waals surface area contributed by atoms with Crippen LogP contribution in [0, 0.1) is 17.0 Å². The molecule has 0 saturated heterocycles. The molecule has 1 aromatic rings. The largest absolute Gasteiger partial charge is 0.349 e. The highest BCUT2D eigenvalue weighted by atomic mass is 35.5. The van der Waals surface area contributed by atoms with Crippen LogP contribution in [0.4, 0.5) is 5.69 Å². The molecule has 6 heteroatoms. The van der Waals surface area contributed by atoms with Gasteiger partial charge in [0.05, 0.1) is 4.92 Å². The van der Waals surface area contributed by atoms with Crippen LogP contribution in [0.3, 0.4) is 0 Å². The number of benzene rings is 1. The number of halogens is 1. The van der Waals surface area contributed by atoms with E-state index in [-0.39, 0.29) is 17.3 Å². The minimum absolute atomic E-state index is 0.0635. The van der Waals surface area contributed by atoms with E-state index in [9.17, 15) is 14.9 Å². The van der Waals surface area contributed by atoms with E-state index < -0.39 is 10.8 Å². The summed E-state index contributed by atoms with van der Waals surface area (Å²) in [6, 6.07) is 4.66. The average Bonchev–Trinajstić information content (AvgIpc) is 2.35. The maximum Gasteiger partial charge on any atom is 0.285 e. The van der Waals surface area contributed by atoms with Crippen molar-refractivity contribution in [3.8, 4) is 0 Å². The summed E-state index contributed by atoms with van der Waals surface area (Å²) in [6.07, 6.45) is 1.54. The molecule has 1 atom stereocenters. The average molecular weight is 285 g/mol. The number of aryl methyl sites for hydroxylation is 1. The molecule has 0 radical (unpaired) electrons. The van der Waals surface area contributed by atoms with E-state index >= 15 is 0 Å². The molecular formula is C13H17ClN2O3. The van der Waals surface area contributed by atoms with Crippen molar-refractivity contribution in [2.75, 3.05) is 5.88 Å². The van der Waals surface area contributed by atoms with Gasteiger partial charge in [-0.3, -0.25) is 14.9 Å². The highest BCUT2D eigenvalue weighted by Gasteiger charge is 2.22. The Morgan fingerprint density at radius 3 is 2.79 bits per heavy atom. The first-order valence-corrected chi connectivity index (χ1v) is 6.61. The molecule has 19 heavy (non-hydrogen) atoms. The number of rotatable bonds is 6. The number of nitrogens with one attached hydrogen (secondary N) is 1. The Labute approximate surface area is 117 Å². The van der Waals surface area contributed by atoms with Crippen molar-refractivity contribution in [3.05, 3.63) is 39.4 Å². The molecular weight excluding hydrogens is 268 g/mol. The topological polar surface area (TPSA) is 72.2 Å². The molecule has 5 nitrogen and oxygen atoms in total. The second kappa shape index (κ2) is 7.09. The lowest BCUT2D eigenvalue weighted by molar-refractivity contribution is -0.385. The summed E-state index contributed by atoms with van der Waals surface area (Å²) in [6.45, 7) is 3.47. The van der Waals surface area contributed by atoms with Crippen LogP contribution in [0.1, 0.15) is 35.7 Å². The van der Waals surface area contributed by atoms with Crippen LogP contribution in [0.25, 0.3) is 0 Å². The third-order valence-corrected chi connectivity index (χ3v) is 3.08. The van der Waals surface area contributed by atoms with Crippen molar-refractivity contribution in [1.82, 2.24) is 5.32 Å². The van der Waals surface area contributed by atoms with Gasteiger partial charge in [0, 0.05) is 17.5 Å². The zero-order valence-corrected chi connectivity index (χ0v) is 11.7. The smallest absolute Gasteiger partial charge is 0.285 e. The maximum atomic E-state index is 12.0. The van der Waals surface area contributed by atoms with Crippen molar-refractivity contribution in [2.45, 2.75) is 32.7 Å².